The minimum atomic E-state index is -0.140. The van der Waals surface area contributed by atoms with Gasteiger partial charge in [0.15, 0.2) is 6.10 Å². The van der Waals surface area contributed by atoms with E-state index in [0.29, 0.717) is 24.5 Å². The summed E-state index contributed by atoms with van der Waals surface area (Å²) in [6.45, 7) is 1.05. The van der Waals surface area contributed by atoms with Crippen molar-refractivity contribution in [3.8, 4) is 5.75 Å². The molecule has 1 fully saturated rings. The quantitative estimate of drug-likeness (QED) is 0.699. The van der Waals surface area contributed by atoms with Gasteiger partial charge in [0.05, 0.1) is 19.4 Å². The van der Waals surface area contributed by atoms with E-state index in [1.165, 1.54) is 0 Å². The van der Waals surface area contributed by atoms with Crippen LogP contribution in [-0.2, 0) is 16.2 Å². The lowest BCUT2D eigenvalue weighted by Gasteiger charge is -2.25. The number of carbonyl (C=O) groups excluding carboxylic acids is 1. The second kappa shape index (κ2) is 8.23. The van der Waals surface area contributed by atoms with Crippen LogP contribution in [0.4, 0.5) is 0 Å². The zero-order chi connectivity index (χ0) is 19.5. The second-order valence-electron chi connectivity index (χ2n) is 7.32. The number of carbonyl (C=O) groups is 1. The molecule has 2 aliphatic rings. The molecule has 0 N–H and O–H groups in total. The fourth-order valence-electron chi connectivity index (χ4n) is 3.40. The number of amides is 1. The van der Waals surface area contributed by atoms with Crippen molar-refractivity contribution >= 4 is 23.2 Å². The Morgan fingerprint density at radius 2 is 2.04 bits per heavy atom. The molecule has 2 aromatic carbocycles. The topological polar surface area (TPSA) is 51.1 Å². The summed E-state index contributed by atoms with van der Waals surface area (Å²) in [4.78, 5) is 20.3. The van der Waals surface area contributed by atoms with Crippen LogP contribution in [0.1, 0.15) is 30.4 Å². The molecule has 5 nitrogen and oxygen atoms in total. The first-order chi connectivity index (χ1) is 13.6. The van der Waals surface area contributed by atoms with E-state index in [4.69, 9.17) is 21.2 Å². The zero-order valence-corrected chi connectivity index (χ0v) is 16.6. The summed E-state index contributed by atoms with van der Waals surface area (Å²) in [5.74, 6) is 1.16. The predicted molar refractivity (Wildman–Crippen MR) is 109 cm³/mol. The summed E-state index contributed by atoms with van der Waals surface area (Å²) in [7, 11) is 1.65. The average molecular weight is 399 g/mol. The van der Waals surface area contributed by atoms with Gasteiger partial charge in [0.1, 0.15) is 5.75 Å². The van der Waals surface area contributed by atoms with Gasteiger partial charge in [0.2, 0.25) is 5.91 Å². The third-order valence-electron chi connectivity index (χ3n) is 5.08. The Hall–Kier alpha value is -2.53. The maximum atomic E-state index is 12.8. The number of oxime groups is 1. The molecule has 28 heavy (non-hydrogen) atoms. The van der Waals surface area contributed by atoms with Crippen LogP contribution < -0.4 is 4.74 Å². The zero-order valence-electron chi connectivity index (χ0n) is 15.8. The molecule has 1 aliphatic heterocycles. The lowest BCUT2D eigenvalue weighted by atomic mass is 10.0. The van der Waals surface area contributed by atoms with Crippen molar-refractivity contribution in [3.05, 3.63) is 64.7 Å². The van der Waals surface area contributed by atoms with E-state index < -0.39 is 0 Å². The number of methoxy groups -OCH3 is 1. The van der Waals surface area contributed by atoms with Crippen LogP contribution >= 0.6 is 11.6 Å². The summed E-state index contributed by atoms with van der Waals surface area (Å²) in [6.07, 6.45) is 2.49. The van der Waals surface area contributed by atoms with E-state index >= 15 is 0 Å². The maximum absolute atomic E-state index is 12.8. The van der Waals surface area contributed by atoms with Crippen LogP contribution in [0.25, 0.3) is 0 Å². The first-order valence-corrected chi connectivity index (χ1v) is 9.90. The van der Waals surface area contributed by atoms with Crippen LogP contribution in [0.15, 0.2) is 53.7 Å². The first kappa shape index (κ1) is 18.8. The molecule has 1 amide bonds. The average Bonchev–Trinajstić information content (AvgIpc) is 3.46. The molecule has 1 heterocycles. The molecule has 0 spiro atoms. The highest BCUT2D eigenvalue weighted by molar-refractivity contribution is 6.30. The van der Waals surface area contributed by atoms with Crippen LogP contribution in [0.5, 0.6) is 5.75 Å². The van der Waals surface area contributed by atoms with Gasteiger partial charge in [-0.15, -0.1) is 0 Å². The van der Waals surface area contributed by atoms with E-state index in [0.717, 1.165) is 35.4 Å². The van der Waals surface area contributed by atoms with Gasteiger partial charge < -0.3 is 14.5 Å². The minimum Gasteiger partial charge on any atom is -0.497 e. The number of halogens is 1. The molecule has 0 aromatic heterocycles. The Balaban J connectivity index is 1.41. The van der Waals surface area contributed by atoms with Gasteiger partial charge in [-0.1, -0.05) is 28.9 Å². The number of hydrogen-bond donors (Lipinski definition) is 0. The number of nitrogens with zero attached hydrogens (tertiary/aromatic N) is 2. The van der Waals surface area contributed by atoms with Crippen molar-refractivity contribution in [1.29, 1.82) is 0 Å². The highest BCUT2D eigenvalue weighted by Gasteiger charge is 2.35. The fourth-order valence-corrected chi connectivity index (χ4v) is 3.62. The predicted octanol–water partition coefficient (Wildman–Crippen LogP) is 4.28. The molecule has 0 bridgehead atoms. The van der Waals surface area contributed by atoms with E-state index in [9.17, 15) is 4.79 Å². The van der Waals surface area contributed by atoms with Crippen LogP contribution in [0, 0.1) is 5.92 Å². The molecular formula is C22H23ClN2O3. The van der Waals surface area contributed by atoms with Crippen molar-refractivity contribution < 1.29 is 14.4 Å². The van der Waals surface area contributed by atoms with E-state index in [-0.39, 0.29) is 17.9 Å². The van der Waals surface area contributed by atoms with Crippen molar-refractivity contribution in [2.24, 2.45) is 11.1 Å². The van der Waals surface area contributed by atoms with Gasteiger partial charge >= 0.3 is 0 Å². The Morgan fingerprint density at radius 1 is 1.25 bits per heavy atom. The normalized spacial score (nSPS) is 18.4. The van der Waals surface area contributed by atoms with Crippen molar-refractivity contribution in [1.82, 2.24) is 4.90 Å². The third-order valence-corrected chi connectivity index (χ3v) is 5.32. The Bertz CT molecular complexity index is 878. The smallest absolute Gasteiger partial charge is 0.226 e. The van der Waals surface area contributed by atoms with E-state index in [1.54, 1.807) is 7.11 Å². The van der Waals surface area contributed by atoms with Gasteiger partial charge in [-0.25, -0.2) is 0 Å². The highest BCUT2D eigenvalue weighted by atomic mass is 35.5. The van der Waals surface area contributed by atoms with Crippen molar-refractivity contribution in [2.75, 3.05) is 13.7 Å². The molecule has 0 saturated heterocycles. The molecule has 0 radical (unpaired) electrons. The Morgan fingerprint density at radius 3 is 2.71 bits per heavy atom. The number of hydrogen-bond acceptors (Lipinski definition) is 4. The van der Waals surface area contributed by atoms with Gasteiger partial charge in [0, 0.05) is 23.9 Å². The molecule has 1 saturated carbocycles. The number of rotatable bonds is 7. The molecule has 1 atom stereocenters. The lowest BCUT2D eigenvalue weighted by Crippen LogP contribution is -2.38. The SMILES string of the molecule is COc1ccc(C2=NOC(CN(Cc3cccc(Cl)c3)C(=O)C3CC3)C2)cc1. The summed E-state index contributed by atoms with van der Waals surface area (Å²) >= 11 is 6.11. The summed E-state index contributed by atoms with van der Waals surface area (Å²) in [5, 5.41) is 4.93. The molecule has 2 aromatic rings. The molecule has 1 unspecified atom stereocenters. The first-order valence-electron chi connectivity index (χ1n) is 9.52. The Kier molecular flexibility index (Phi) is 5.53. The second-order valence-corrected chi connectivity index (χ2v) is 7.76. The number of benzene rings is 2. The van der Waals surface area contributed by atoms with Crippen LogP contribution in [0.2, 0.25) is 5.02 Å². The molecular weight excluding hydrogens is 376 g/mol. The van der Waals surface area contributed by atoms with Crippen molar-refractivity contribution in [2.45, 2.75) is 31.9 Å². The largest absolute Gasteiger partial charge is 0.497 e. The monoisotopic (exact) mass is 398 g/mol. The molecule has 146 valence electrons. The lowest BCUT2D eigenvalue weighted by molar-refractivity contribution is -0.135. The van der Waals surface area contributed by atoms with Crippen molar-refractivity contribution in [3.63, 3.8) is 0 Å². The van der Waals surface area contributed by atoms with E-state index in [2.05, 4.69) is 5.16 Å². The van der Waals surface area contributed by atoms with Crippen LogP contribution in [0.3, 0.4) is 0 Å². The van der Waals surface area contributed by atoms with E-state index in [1.807, 2.05) is 53.4 Å². The number of ether oxygens (including phenoxy) is 1. The fraction of sp³-hybridized carbons (Fsp3) is 0.364. The summed E-state index contributed by atoms with van der Waals surface area (Å²) in [5.41, 5.74) is 2.93. The maximum Gasteiger partial charge on any atom is 0.226 e. The molecule has 1 aliphatic carbocycles. The standard InChI is InChI=1S/C22H23ClN2O3/c1-27-19-9-7-16(8-10-19)21-12-20(28-24-21)14-25(22(26)17-5-6-17)13-15-3-2-4-18(23)11-15/h2-4,7-11,17,20H,5-6,12-14H2,1H3. The van der Waals surface area contributed by atoms with Gasteiger partial charge in [-0.2, -0.15) is 0 Å². The molecule has 6 heteroatoms. The highest BCUT2D eigenvalue weighted by Crippen LogP contribution is 2.32. The van der Waals surface area contributed by atoms with Gasteiger partial charge in [0.25, 0.3) is 0 Å². The van der Waals surface area contributed by atoms with Gasteiger partial charge in [-0.3, -0.25) is 4.79 Å². The minimum absolute atomic E-state index is 0.140. The van der Waals surface area contributed by atoms with Gasteiger partial charge in [-0.05, 0) is 60.4 Å². The summed E-state index contributed by atoms with van der Waals surface area (Å²) in [6, 6.07) is 15.4. The van der Waals surface area contributed by atoms with Crippen LogP contribution in [-0.4, -0.2) is 36.3 Å². The summed E-state index contributed by atoms with van der Waals surface area (Å²) < 4.78 is 5.20. The third kappa shape index (κ3) is 4.47. The molecule has 4 rings (SSSR count). The Labute approximate surface area is 169 Å².